The first-order valence-corrected chi connectivity index (χ1v) is 6.09. The minimum absolute atomic E-state index is 0.0629. The van der Waals surface area contributed by atoms with Crippen LogP contribution in [0.25, 0.3) is 0 Å². The highest BCUT2D eigenvalue weighted by molar-refractivity contribution is 9.10. The van der Waals surface area contributed by atoms with Crippen molar-refractivity contribution in [1.82, 2.24) is 4.98 Å². The predicted octanol–water partition coefficient (Wildman–Crippen LogP) is 2.52. The van der Waals surface area contributed by atoms with E-state index in [0.29, 0.717) is 10.3 Å². The van der Waals surface area contributed by atoms with Crippen LogP contribution in [0.2, 0.25) is 0 Å². The van der Waals surface area contributed by atoms with Crippen molar-refractivity contribution in [3.8, 4) is 0 Å². The molecule has 1 aromatic heterocycles. The van der Waals surface area contributed by atoms with Crippen LogP contribution in [0, 0.1) is 5.82 Å². The lowest BCUT2D eigenvalue weighted by Gasteiger charge is -2.10. The van der Waals surface area contributed by atoms with Gasteiger partial charge in [-0.3, -0.25) is 10.6 Å². The summed E-state index contributed by atoms with van der Waals surface area (Å²) in [7, 11) is 0. The number of hydrogen-bond acceptors (Lipinski definition) is 4. The number of hydrogen-bond donors (Lipinski definition) is 3. The first-order chi connectivity index (χ1) is 9.13. The Morgan fingerprint density at radius 3 is 2.79 bits per heavy atom. The Labute approximate surface area is 117 Å². The molecule has 0 fully saturated rings. The summed E-state index contributed by atoms with van der Waals surface area (Å²) in [6, 6.07) is 7.55. The van der Waals surface area contributed by atoms with Crippen molar-refractivity contribution in [2.75, 3.05) is 10.7 Å². The molecule has 0 spiro atoms. The summed E-state index contributed by atoms with van der Waals surface area (Å²) >= 11 is 3.26. The number of para-hydroxylation sites is 1. The number of rotatable bonds is 3. The summed E-state index contributed by atoms with van der Waals surface area (Å²) < 4.78 is 14.1. The van der Waals surface area contributed by atoms with E-state index in [1.807, 2.05) is 0 Å². The number of nitrogen functional groups attached to an aromatic ring is 1. The van der Waals surface area contributed by atoms with Crippen molar-refractivity contribution < 1.29 is 9.18 Å². The second-order valence-corrected chi connectivity index (χ2v) is 4.45. The first-order valence-electron chi connectivity index (χ1n) is 5.30. The smallest absolute Gasteiger partial charge is 0.259 e. The van der Waals surface area contributed by atoms with Crippen LogP contribution in [0.15, 0.2) is 41.0 Å². The van der Waals surface area contributed by atoms with Gasteiger partial charge in [0.05, 0.1) is 15.7 Å². The number of aromatic nitrogens is 1. The monoisotopic (exact) mass is 324 g/mol. The van der Waals surface area contributed by atoms with E-state index in [0.717, 1.165) is 0 Å². The van der Waals surface area contributed by atoms with Gasteiger partial charge in [0.15, 0.2) is 0 Å². The van der Waals surface area contributed by atoms with Gasteiger partial charge in [0, 0.05) is 6.20 Å². The number of hydrazine groups is 1. The quantitative estimate of drug-likeness (QED) is 0.598. The summed E-state index contributed by atoms with van der Waals surface area (Å²) in [6.45, 7) is 0. The minimum atomic E-state index is -0.602. The lowest BCUT2D eigenvalue weighted by Crippen LogP contribution is -2.19. The number of carbonyl (C=O) groups excluding carboxylic acids is 1. The molecule has 0 radical (unpaired) electrons. The zero-order valence-electron chi connectivity index (χ0n) is 9.65. The normalized spacial score (nSPS) is 10.1. The first kappa shape index (κ1) is 13.4. The average molecular weight is 325 g/mol. The van der Waals surface area contributed by atoms with E-state index >= 15 is 0 Å². The van der Waals surface area contributed by atoms with E-state index in [1.54, 1.807) is 12.1 Å². The minimum Gasteiger partial charge on any atom is -0.321 e. The summed E-state index contributed by atoms with van der Waals surface area (Å²) in [5, 5.41) is 2.57. The number of pyridine rings is 1. The fourth-order valence-electron chi connectivity index (χ4n) is 1.51. The molecule has 7 heteroatoms. The second kappa shape index (κ2) is 5.77. The van der Waals surface area contributed by atoms with Crippen molar-refractivity contribution in [3.05, 3.63) is 52.4 Å². The maximum Gasteiger partial charge on any atom is 0.259 e. The van der Waals surface area contributed by atoms with E-state index in [9.17, 15) is 9.18 Å². The Kier molecular flexibility index (Phi) is 4.08. The van der Waals surface area contributed by atoms with Crippen LogP contribution in [-0.4, -0.2) is 10.9 Å². The summed E-state index contributed by atoms with van der Waals surface area (Å²) in [6.07, 6.45) is 1.54. The number of benzene rings is 1. The van der Waals surface area contributed by atoms with E-state index in [2.05, 4.69) is 31.7 Å². The Bertz CT molecular complexity index is 620. The van der Waals surface area contributed by atoms with Crippen LogP contribution in [0.1, 0.15) is 10.4 Å². The van der Waals surface area contributed by atoms with Crippen molar-refractivity contribution in [2.24, 2.45) is 5.84 Å². The van der Waals surface area contributed by atoms with Gasteiger partial charge in [0.25, 0.3) is 5.91 Å². The van der Waals surface area contributed by atoms with Gasteiger partial charge in [-0.05, 0) is 40.2 Å². The fraction of sp³-hybridized carbons (Fsp3) is 0. The van der Waals surface area contributed by atoms with Gasteiger partial charge in [0.1, 0.15) is 11.6 Å². The van der Waals surface area contributed by atoms with Crippen LogP contribution in [0.4, 0.5) is 15.9 Å². The zero-order chi connectivity index (χ0) is 13.8. The number of amides is 1. The molecule has 0 saturated heterocycles. The molecule has 5 nitrogen and oxygen atoms in total. The van der Waals surface area contributed by atoms with Crippen LogP contribution in [-0.2, 0) is 0 Å². The van der Waals surface area contributed by atoms with Crippen molar-refractivity contribution in [1.29, 1.82) is 0 Å². The van der Waals surface area contributed by atoms with E-state index < -0.39 is 11.7 Å². The summed E-state index contributed by atoms with van der Waals surface area (Å²) in [5.41, 5.74) is 2.21. The van der Waals surface area contributed by atoms with Crippen LogP contribution in [0.5, 0.6) is 0 Å². The second-order valence-electron chi connectivity index (χ2n) is 3.59. The van der Waals surface area contributed by atoms with Crippen LogP contribution < -0.4 is 16.6 Å². The molecule has 1 heterocycles. The Morgan fingerprint density at radius 1 is 1.32 bits per heavy atom. The average Bonchev–Trinajstić information content (AvgIpc) is 2.41. The highest BCUT2D eigenvalue weighted by atomic mass is 79.9. The van der Waals surface area contributed by atoms with E-state index in [4.69, 9.17) is 5.84 Å². The predicted molar refractivity (Wildman–Crippen MR) is 74.1 cm³/mol. The standard InChI is InChI=1S/C12H10BrFN4O/c13-8-4-2-6-16-11(8)17-12(19)7-3-1-5-9(14)10(7)18-15/h1-6,18H,15H2,(H,16,17,19). The zero-order valence-corrected chi connectivity index (χ0v) is 11.2. The molecule has 0 unspecified atom stereocenters. The maximum atomic E-state index is 13.5. The molecule has 0 aliphatic rings. The van der Waals surface area contributed by atoms with Crippen LogP contribution >= 0.6 is 15.9 Å². The number of halogens is 2. The molecule has 0 aliphatic carbocycles. The van der Waals surface area contributed by atoms with Gasteiger partial charge in [-0.15, -0.1) is 0 Å². The van der Waals surface area contributed by atoms with Crippen LogP contribution in [0.3, 0.4) is 0 Å². The molecular formula is C12H10BrFN4O. The van der Waals surface area contributed by atoms with E-state index in [1.165, 1.54) is 24.4 Å². The van der Waals surface area contributed by atoms with Gasteiger partial charge in [-0.1, -0.05) is 6.07 Å². The highest BCUT2D eigenvalue weighted by Gasteiger charge is 2.15. The molecule has 98 valence electrons. The third-order valence-electron chi connectivity index (χ3n) is 2.39. The molecule has 4 N–H and O–H groups in total. The maximum absolute atomic E-state index is 13.5. The molecular weight excluding hydrogens is 315 g/mol. The molecule has 0 atom stereocenters. The molecule has 2 rings (SSSR count). The summed E-state index contributed by atoms with van der Waals surface area (Å²) in [5.74, 6) is 4.46. The molecule has 1 aromatic carbocycles. The van der Waals surface area contributed by atoms with Gasteiger partial charge in [-0.2, -0.15) is 0 Å². The van der Waals surface area contributed by atoms with Crippen molar-refractivity contribution in [3.63, 3.8) is 0 Å². The Morgan fingerprint density at radius 2 is 2.11 bits per heavy atom. The SMILES string of the molecule is NNc1c(F)cccc1C(=O)Nc1ncccc1Br. The highest BCUT2D eigenvalue weighted by Crippen LogP contribution is 2.22. The number of carbonyl (C=O) groups is 1. The van der Waals surface area contributed by atoms with Gasteiger partial charge in [-0.25, -0.2) is 9.37 Å². The van der Waals surface area contributed by atoms with E-state index in [-0.39, 0.29) is 11.3 Å². The molecule has 2 aromatic rings. The number of anilines is 2. The Balaban J connectivity index is 2.31. The number of nitrogens with zero attached hydrogens (tertiary/aromatic N) is 1. The molecule has 0 bridgehead atoms. The number of nitrogens with two attached hydrogens (primary N) is 1. The molecule has 0 aliphatic heterocycles. The Hall–Kier alpha value is -1.99. The summed E-state index contributed by atoms with van der Waals surface area (Å²) in [4.78, 5) is 16.1. The molecule has 1 amide bonds. The lowest BCUT2D eigenvalue weighted by atomic mass is 10.1. The largest absolute Gasteiger partial charge is 0.321 e. The van der Waals surface area contributed by atoms with Gasteiger partial charge >= 0.3 is 0 Å². The lowest BCUT2D eigenvalue weighted by molar-refractivity contribution is 0.102. The van der Waals surface area contributed by atoms with Gasteiger partial charge < -0.3 is 10.7 Å². The molecule has 19 heavy (non-hydrogen) atoms. The third kappa shape index (κ3) is 2.88. The van der Waals surface area contributed by atoms with Crippen molar-refractivity contribution in [2.45, 2.75) is 0 Å². The van der Waals surface area contributed by atoms with Crippen molar-refractivity contribution >= 4 is 33.3 Å². The number of nitrogens with one attached hydrogen (secondary N) is 2. The molecule has 0 saturated carbocycles. The van der Waals surface area contributed by atoms with Gasteiger partial charge in [0.2, 0.25) is 0 Å². The fourth-order valence-corrected chi connectivity index (χ4v) is 1.87. The topological polar surface area (TPSA) is 80.0 Å². The third-order valence-corrected chi connectivity index (χ3v) is 3.03.